The first-order valence-corrected chi connectivity index (χ1v) is 6.18. The largest absolute Gasteiger partial charge is 0.386 e. The molecule has 19 heavy (non-hydrogen) atoms. The molecule has 0 radical (unpaired) electrons. The molecule has 2 aliphatic rings. The molecule has 1 aliphatic heterocycles. The van der Waals surface area contributed by atoms with Gasteiger partial charge in [0.1, 0.15) is 0 Å². The average molecular weight is 250 g/mol. The summed E-state index contributed by atoms with van der Waals surface area (Å²) in [5.41, 5.74) is 1.97. The highest BCUT2D eigenvalue weighted by Crippen LogP contribution is 2.24. The Morgan fingerprint density at radius 1 is 0.842 bits per heavy atom. The van der Waals surface area contributed by atoms with E-state index in [2.05, 4.69) is 28.4 Å². The Hall–Kier alpha value is -2.52. The third kappa shape index (κ3) is 2.11. The van der Waals surface area contributed by atoms with Gasteiger partial charge in [-0.05, 0) is 25.0 Å². The Labute approximate surface area is 111 Å². The van der Waals surface area contributed by atoms with Crippen LogP contribution in [0.3, 0.4) is 0 Å². The molecule has 0 amide bonds. The maximum atomic E-state index is 11.5. The molecule has 0 fully saturated rings. The standard InChI is InChI=1S/C16H10O3/c17-15-13-9-11-7-5-3-1-2-4-6-8-12(11)10-14(13)16(18)19-15/h9-10H,1-4H2. The van der Waals surface area contributed by atoms with Gasteiger partial charge in [0.25, 0.3) is 0 Å². The molecule has 1 aliphatic carbocycles. The highest BCUT2D eigenvalue weighted by atomic mass is 16.6. The molecule has 1 aromatic carbocycles. The molecule has 1 aromatic rings. The maximum Gasteiger partial charge on any atom is 0.346 e. The molecule has 0 spiro atoms. The zero-order chi connectivity index (χ0) is 13.2. The monoisotopic (exact) mass is 250 g/mol. The van der Waals surface area contributed by atoms with E-state index in [0.717, 1.165) is 25.7 Å². The van der Waals surface area contributed by atoms with Crippen molar-refractivity contribution in [2.45, 2.75) is 25.7 Å². The predicted octanol–water partition coefficient (Wildman–Crippen LogP) is 2.27. The Kier molecular flexibility index (Phi) is 2.82. The predicted molar refractivity (Wildman–Crippen MR) is 68.4 cm³/mol. The van der Waals surface area contributed by atoms with Crippen LogP contribution >= 0.6 is 0 Å². The molecule has 0 aromatic heterocycles. The van der Waals surface area contributed by atoms with E-state index < -0.39 is 11.9 Å². The van der Waals surface area contributed by atoms with E-state index in [0.29, 0.717) is 11.1 Å². The molecule has 0 saturated carbocycles. The fourth-order valence-corrected chi connectivity index (χ4v) is 2.08. The lowest BCUT2D eigenvalue weighted by molar-refractivity contribution is 0.0444. The average Bonchev–Trinajstić information content (AvgIpc) is 2.68. The number of carbonyl (C=O) groups excluding carboxylic acids is 2. The van der Waals surface area contributed by atoms with Crippen molar-refractivity contribution in [2.75, 3.05) is 0 Å². The summed E-state index contributed by atoms with van der Waals surface area (Å²) < 4.78 is 4.59. The Morgan fingerprint density at radius 3 is 1.79 bits per heavy atom. The van der Waals surface area contributed by atoms with Gasteiger partial charge in [-0.25, -0.2) is 9.59 Å². The molecule has 0 N–H and O–H groups in total. The van der Waals surface area contributed by atoms with Crippen LogP contribution in [0.1, 0.15) is 57.5 Å². The second-order valence-electron chi connectivity index (χ2n) is 4.43. The first-order chi connectivity index (χ1) is 9.25. The maximum absolute atomic E-state index is 11.5. The minimum atomic E-state index is -0.602. The second-order valence-corrected chi connectivity index (χ2v) is 4.43. The van der Waals surface area contributed by atoms with Gasteiger partial charge in [0.15, 0.2) is 0 Å². The Balaban J connectivity index is 2.18. The van der Waals surface area contributed by atoms with Crippen molar-refractivity contribution in [3.63, 3.8) is 0 Å². The van der Waals surface area contributed by atoms with Gasteiger partial charge in [-0.15, -0.1) is 0 Å². The zero-order valence-corrected chi connectivity index (χ0v) is 10.2. The number of hydrogen-bond acceptors (Lipinski definition) is 3. The summed E-state index contributed by atoms with van der Waals surface area (Å²) in [6, 6.07) is 3.22. The molecule has 3 nitrogen and oxygen atoms in total. The summed E-state index contributed by atoms with van der Waals surface area (Å²) in [6.45, 7) is 0. The summed E-state index contributed by atoms with van der Waals surface area (Å²) in [5.74, 6) is 11.0. The van der Waals surface area contributed by atoms with Gasteiger partial charge in [0.05, 0.1) is 11.1 Å². The lowest BCUT2D eigenvalue weighted by Crippen LogP contribution is -1.96. The summed E-state index contributed by atoms with van der Waals surface area (Å²) in [7, 11) is 0. The number of carbonyl (C=O) groups is 2. The summed E-state index contributed by atoms with van der Waals surface area (Å²) >= 11 is 0. The summed E-state index contributed by atoms with van der Waals surface area (Å²) in [6.07, 6.45) is 3.70. The van der Waals surface area contributed by atoms with Crippen molar-refractivity contribution in [3.8, 4) is 23.7 Å². The lowest BCUT2D eigenvalue weighted by Gasteiger charge is -2.01. The number of cyclic esters (lactones) is 2. The first-order valence-electron chi connectivity index (χ1n) is 6.18. The molecule has 3 rings (SSSR count). The van der Waals surface area contributed by atoms with Crippen LogP contribution < -0.4 is 0 Å². The smallest absolute Gasteiger partial charge is 0.346 e. The second kappa shape index (κ2) is 4.63. The SMILES string of the molecule is O=C1OC(=O)c2cc3c(cc21)C#CCCCCC#C3. The van der Waals surface area contributed by atoms with Crippen LogP contribution in [0.2, 0.25) is 0 Å². The molecule has 92 valence electrons. The van der Waals surface area contributed by atoms with Crippen LogP contribution in [0.4, 0.5) is 0 Å². The van der Waals surface area contributed by atoms with Gasteiger partial charge >= 0.3 is 11.9 Å². The molecule has 1 heterocycles. The van der Waals surface area contributed by atoms with Crippen molar-refractivity contribution in [1.82, 2.24) is 0 Å². The van der Waals surface area contributed by atoms with Crippen molar-refractivity contribution in [2.24, 2.45) is 0 Å². The van der Waals surface area contributed by atoms with E-state index >= 15 is 0 Å². The Bertz CT molecular complexity index is 644. The van der Waals surface area contributed by atoms with Crippen LogP contribution in [0.25, 0.3) is 0 Å². The molecule has 3 heteroatoms. The van der Waals surface area contributed by atoms with Gasteiger partial charge < -0.3 is 4.74 Å². The fourth-order valence-electron chi connectivity index (χ4n) is 2.08. The summed E-state index contributed by atoms with van der Waals surface area (Å²) in [5, 5.41) is 0. The van der Waals surface area contributed by atoms with Crippen molar-refractivity contribution < 1.29 is 14.3 Å². The van der Waals surface area contributed by atoms with Crippen LogP contribution in [0.5, 0.6) is 0 Å². The number of fused-ring (bicyclic) bond motifs is 2. The minimum absolute atomic E-state index is 0.289. The number of benzene rings is 1. The highest BCUT2D eigenvalue weighted by Gasteiger charge is 2.30. The van der Waals surface area contributed by atoms with E-state index in [9.17, 15) is 9.59 Å². The lowest BCUT2D eigenvalue weighted by atomic mass is 9.99. The molecule has 0 bridgehead atoms. The first kappa shape index (κ1) is 11.6. The van der Waals surface area contributed by atoms with Crippen molar-refractivity contribution in [3.05, 3.63) is 34.4 Å². The molecule has 0 atom stereocenters. The van der Waals surface area contributed by atoms with Crippen LogP contribution in [0, 0.1) is 23.7 Å². The van der Waals surface area contributed by atoms with Crippen LogP contribution in [-0.4, -0.2) is 11.9 Å². The minimum Gasteiger partial charge on any atom is -0.386 e. The molecule has 0 saturated heterocycles. The Morgan fingerprint density at radius 2 is 1.32 bits per heavy atom. The van der Waals surface area contributed by atoms with E-state index in [4.69, 9.17) is 0 Å². The number of hydrogen-bond donors (Lipinski definition) is 0. The van der Waals surface area contributed by atoms with Crippen molar-refractivity contribution >= 4 is 11.9 Å². The molecular formula is C16H10O3. The van der Waals surface area contributed by atoms with Crippen LogP contribution in [0.15, 0.2) is 12.1 Å². The topological polar surface area (TPSA) is 43.4 Å². The third-order valence-electron chi connectivity index (χ3n) is 3.08. The van der Waals surface area contributed by atoms with Gasteiger partial charge in [0.2, 0.25) is 0 Å². The molecular weight excluding hydrogens is 240 g/mol. The van der Waals surface area contributed by atoms with Gasteiger partial charge in [-0.2, -0.15) is 0 Å². The van der Waals surface area contributed by atoms with Crippen molar-refractivity contribution in [1.29, 1.82) is 0 Å². The van der Waals surface area contributed by atoms with Gasteiger partial charge in [-0.3, -0.25) is 0 Å². The van der Waals surface area contributed by atoms with E-state index in [1.165, 1.54) is 0 Å². The van der Waals surface area contributed by atoms with E-state index in [-0.39, 0.29) is 11.1 Å². The zero-order valence-electron chi connectivity index (χ0n) is 10.2. The van der Waals surface area contributed by atoms with E-state index in [1.807, 2.05) is 0 Å². The van der Waals surface area contributed by atoms with Gasteiger partial charge in [-0.1, -0.05) is 23.7 Å². The third-order valence-corrected chi connectivity index (χ3v) is 3.08. The number of rotatable bonds is 0. The van der Waals surface area contributed by atoms with E-state index in [1.54, 1.807) is 12.1 Å². The normalized spacial score (nSPS) is 16.2. The van der Waals surface area contributed by atoms with Crippen LogP contribution in [-0.2, 0) is 4.74 Å². The molecule has 0 unspecified atom stereocenters. The number of ether oxygens (including phenoxy) is 1. The highest BCUT2D eigenvalue weighted by molar-refractivity contribution is 6.15. The summed E-state index contributed by atoms with van der Waals surface area (Å²) in [4.78, 5) is 23.0. The number of esters is 2. The van der Waals surface area contributed by atoms with Gasteiger partial charge in [0, 0.05) is 24.0 Å². The fraction of sp³-hybridized carbons (Fsp3) is 0.250. The quantitative estimate of drug-likeness (QED) is 0.403.